The molecule has 0 aliphatic heterocycles. The van der Waals surface area contributed by atoms with Crippen molar-refractivity contribution in [2.24, 2.45) is 11.8 Å². The normalized spacial score (nSPS) is 22.6. The summed E-state index contributed by atoms with van der Waals surface area (Å²) in [6, 6.07) is 4.13. The third kappa shape index (κ3) is 4.04. The zero-order valence-corrected chi connectivity index (χ0v) is 14.3. The molecule has 20 heavy (non-hydrogen) atoms. The van der Waals surface area contributed by atoms with E-state index < -0.39 is 0 Å². The lowest BCUT2D eigenvalue weighted by Crippen LogP contribution is -2.35. The summed E-state index contributed by atoms with van der Waals surface area (Å²) < 4.78 is 13.5. The smallest absolute Gasteiger partial charge is 0.252 e. The van der Waals surface area contributed by atoms with Gasteiger partial charge in [0, 0.05) is 16.3 Å². The summed E-state index contributed by atoms with van der Waals surface area (Å²) in [7, 11) is 0. The van der Waals surface area contributed by atoms with Gasteiger partial charge in [0.1, 0.15) is 5.82 Å². The van der Waals surface area contributed by atoms with Gasteiger partial charge in [-0.2, -0.15) is 0 Å². The molecule has 1 N–H and O–H groups in total. The van der Waals surface area contributed by atoms with Gasteiger partial charge < -0.3 is 5.32 Å². The molecule has 0 aromatic heterocycles. The molecule has 2 atom stereocenters. The van der Waals surface area contributed by atoms with Gasteiger partial charge in [-0.05, 0) is 58.8 Å². The van der Waals surface area contributed by atoms with Crippen LogP contribution < -0.4 is 5.32 Å². The lowest BCUT2D eigenvalue weighted by Gasteiger charge is -2.30. The Balaban J connectivity index is 1.94. The number of hydrogen-bond acceptors (Lipinski definition) is 1. The number of amides is 1. The van der Waals surface area contributed by atoms with Crippen molar-refractivity contribution in [1.29, 1.82) is 0 Å². The molecule has 1 aromatic rings. The second kappa shape index (κ2) is 7.55. The van der Waals surface area contributed by atoms with Gasteiger partial charge >= 0.3 is 0 Å². The lowest BCUT2D eigenvalue weighted by molar-refractivity contribution is 0.0936. The highest BCUT2D eigenvalue weighted by Crippen LogP contribution is 2.31. The van der Waals surface area contributed by atoms with Crippen LogP contribution in [0.25, 0.3) is 0 Å². The number of benzene rings is 1. The maximum atomic E-state index is 13.0. The molecule has 2 nitrogen and oxygen atoms in total. The van der Waals surface area contributed by atoms with Crippen molar-refractivity contribution in [2.45, 2.75) is 25.7 Å². The van der Waals surface area contributed by atoms with Crippen molar-refractivity contribution in [3.63, 3.8) is 0 Å². The van der Waals surface area contributed by atoms with Crippen LogP contribution in [0.3, 0.4) is 0 Å². The molecule has 110 valence electrons. The van der Waals surface area contributed by atoms with Crippen LogP contribution in [0.4, 0.5) is 4.39 Å². The quantitative estimate of drug-likeness (QED) is 0.731. The van der Waals surface area contributed by atoms with E-state index in [0.717, 1.165) is 5.33 Å². The highest BCUT2D eigenvalue weighted by molar-refractivity contribution is 9.10. The summed E-state index contributed by atoms with van der Waals surface area (Å²) in [6.45, 7) is 0.693. The third-order valence-electron chi connectivity index (χ3n) is 3.97. The van der Waals surface area contributed by atoms with E-state index in [-0.39, 0.29) is 11.7 Å². The molecule has 2 rings (SSSR count). The van der Waals surface area contributed by atoms with Crippen molar-refractivity contribution in [3.05, 3.63) is 34.1 Å². The van der Waals surface area contributed by atoms with Crippen molar-refractivity contribution in [3.8, 4) is 0 Å². The molecule has 1 amide bonds. The topological polar surface area (TPSA) is 29.1 Å². The maximum Gasteiger partial charge on any atom is 0.252 e. The van der Waals surface area contributed by atoms with E-state index in [1.807, 2.05) is 0 Å². The number of carbonyl (C=O) groups excluding carboxylic acids is 1. The molecule has 0 radical (unpaired) electrons. The fraction of sp³-hybridized carbons (Fsp3) is 0.533. The second-order valence-electron chi connectivity index (χ2n) is 5.29. The first kappa shape index (κ1) is 16.0. The minimum atomic E-state index is -0.347. The lowest BCUT2D eigenvalue weighted by atomic mass is 9.80. The number of halogens is 3. The Kier molecular flexibility index (Phi) is 6.02. The van der Waals surface area contributed by atoms with Crippen LogP contribution in [0.1, 0.15) is 36.0 Å². The molecule has 0 bridgehead atoms. The fourth-order valence-corrected chi connectivity index (χ4v) is 4.13. The molecule has 1 saturated carbocycles. The van der Waals surface area contributed by atoms with Crippen LogP contribution in [0, 0.1) is 17.7 Å². The number of carbonyl (C=O) groups is 1. The highest BCUT2D eigenvalue weighted by Gasteiger charge is 2.24. The summed E-state index contributed by atoms with van der Waals surface area (Å²) >= 11 is 6.79. The molecule has 0 saturated heterocycles. The van der Waals surface area contributed by atoms with E-state index in [4.69, 9.17) is 0 Å². The van der Waals surface area contributed by atoms with E-state index in [9.17, 15) is 9.18 Å². The summed E-state index contributed by atoms with van der Waals surface area (Å²) in [5.74, 6) is 0.683. The van der Waals surface area contributed by atoms with Gasteiger partial charge in [0.2, 0.25) is 0 Å². The maximum absolute atomic E-state index is 13.0. The van der Waals surface area contributed by atoms with Gasteiger partial charge in [0.05, 0.1) is 5.56 Å². The Morgan fingerprint density at radius 3 is 2.65 bits per heavy atom. The van der Waals surface area contributed by atoms with Gasteiger partial charge in [-0.1, -0.05) is 28.8 Å². The van der Waals surface area contributed by atoms with Crippen molar-refractivity contribution in [2.75, 3.05) is 11.9 Å². The molecule has 0 heterocycles. The van der Waals surface area contributed by atoms with Gasteiger partial charge in [0.25, 0.3) is 5.91 Å². The molecule has 1 aromatic carbocycles. The van der Waals surface area contributed by atoms with E-state index in [1.165, 1.54) is 43.9 Å². The predicted octanol–water partition coefficient (Wildman–Crippen LogP) is 4.52. The van der Waals surface area contributed by atoms with Gasteiger partial charge in [-0.3, -0.25) is 4.79 Å². The first-order chi connectivity index (χ1) is 9.61. The average molecular weight is 407 g/mol. The van der Waals surface area contributed by atoms with Gasteiger partial charge in [0.15, 0.2) is 0 Å². The van der Waals surface area contributed by atoms with Gasteiger partial charge in [-0.15, -0.1) is 0 Å². The molecule has 1 aliphatic rings. The summed E-state index contributed by atoms with van der Waals surface area (Å²) in [5.41, 5.74) is 0.484. The van der Waals surface area contributed by atoms with E-state index in [2.05, 4.69) is 37.2 Å². The van der Waals surface area contributed by atoms with Crippen molar-refractivity contribution in [1.82, 2.24) is 5.32 Å². The Morgan fingerprint density at radius 1 is 1.30 bits per heavy atom. The van der Waals surface area contributed by atoms with Crippen molar-refractivity contribution >= 4 is 37.8 Å². The Labute approximate surface area is 135 Å². The van der Waals surface area contributed by atoms with Crippen LogP contribution in [0.2, 0.25) is 0 Å². The first-order valence-corrected chi connectivity index (χ1v) is 8.82. The van der Waals surface area contributed by atoms with Crippen LogP contribution in [0.15, 0.2) is 22.7 Å². The third-order valence-corrected chi connectivity index (χ3v) is 5.45. The van der Waals surface area contributed by atoms with E-state index in [0.29, 0.717) is 28.4 Å². The average Bonchev–Trinajstić information content (AvgIpc) is 2.45. The summed E-state index contributed by atoms with van der Waals surface area (Å²) in [4.78, 5) is 12.1. The second-order valence-corrected chi connectivity index (χ2v) is 6.79. The molecular weight excluding hydrogens is 389 g/mol. The molecule has 1 aliphatic carbocycles. The van der Waals surface area contributed by atoms with Gasteiger partial charge in [-0.25, -0.2) is 4.39 Å². The van der Waals surface area contributed by atoms with Crippen LogP contribution in [0.5, 0.6) is 0 Å². The number of alkyl halides is 1. The Morgan fingerprint density at radius 2 is 2.00 bits per heavy atom. The fourth-order valence-electron chi connectivity index (χ4n) is 2.75. The predicted molar refractivity (Wildman–Crippen MR) is 85.7 cm³/mol. The zero-order valence-electron chi connectivity index (χ0n) is 11.2. The summed E-state index contributed by atoms with van der Waals surface area (Å²) in [5, 5.41) is 3.97. The largest absolute Gasteiger partial charge is 0.352 e. The first-order valence-electron chi connectivity index (χ1n) is 6.91. The molecular formula is C15H18Br2FNO. The minimum Gasteiger partial charge on any atom is -0.352 e. The van der Waals surface area contributed by atoms with E-state index in [1.54, 1.807) is 0 Å². The van der Waals surface area contributed by atoms with Crippen molar-refractivity contribution < 1.29 is 9.18 Å². The Bertz CT molecular complexity index is 481. The Hall–Kier alpha value is -0.420. The van der Waals surface area contributed by atoms with E-state index >= 15 is 0 Å². The minimum absolute atomic E-state index is 0.143. The highest BCUT2D eigenvalue weighted by atomic mass is 79.9. The SMILES string of the molecule is O=C(NCC1CCCCC1CBr)c1ccc(F)cc1Br. The molecule has 1 fully saturated rings. The number of hydrogen-bond donors (Lipinski definition) is 1. The number of rotatable bonds is 4. The standard InChI is InChI=1S/C15H18Br2FNO/c16-8-10-3-1-2-4-11(10)9-19-15(20)13-6-5-12(18)7-14(13)17/h5-7,10-11H,1-4,8-9H2,(H,19,20). The van der Waals surface area contributed by atoms with Crippen LogP contribution in [-0.4, -0.2) is 17.8 Å². The summed E-state index contributed by atoms with van der Waals surface area (Å²) in [6.07, 6.45) is 4.92. The molecule has 2 unspecified atom stereocenters. The zero-order chi connectivity index (χ0) is 14.5. The molecule has 5 heteroatoms. The monoisotopic (exact) mass is 405 g/mol. The number of nitrogens with one attached hydrogen (secondary N) is 1. The van der Waals surface area contributed by atoms with Crippen LogP contribution >= 0.6 is 31.9 Å². The van der Waals surface area contributed by atoms with Crippen LogP contribution in [-0.2, 0) is 0 Å². The molecule has 0 spiro atoms.